The smallest absolute Gasteiger partial charge is 0.282 e. The Morgan fingerprint density at radius 3 is 1.91 bits per heavy atom. The molecule has 168 valence electrons. The van der Waals surface area contributed by atoms with Crippen molar-refractivity contribution in [1.82, 2.24) is 10.0 Å². The molecule has 0 N–H and O–H groups in total. The van der Waals surface area contributed by atoms with Crippen LogP contribution >= 0.6 is 69.3 Å². The summed E-state index contributed by atoms with van der Waals surface area (Å²) in [5.41, 5.74) is -0.661. The first kappa shape index (κ1) is 24.0. The van der Waals surface area contributed by atoms with Crippen molar-refractivity contribution in [2.24, 2.45) is 0 Å². The fourth-order valence-electron chi connectivity index (χ4n) is 3.21. The number of carbonyl (C=O) groups is 4. The van der Waals surface area contributed by atoms with Crippen LogP contribution < -0.4 is 0 Å². The molecule has 1 aliphatic heterocycles. The number of imide groups is 1. The van der Waals surface area contributed by atoms with Gasteiger partial charge in [-0.1, -0.05) is 76.2 Å². The van der Waals surface area contributed by atoms with Crippen LogP contribution in [0.25, 0.3) is 0 Å². The summed E-state index contributed by atoms with van der Waals surface area (Å²) >= 11 is 31.8. The van der Waals surface area contributed by atoms with E-state index in [1.165, 1.54) is 12.1 Å². The maximum absolute atomic E-state index is 13.4. The maximum Gasteiger partial charge on any atom is 0.282 e. The molecule has 33 heavy (non-hydrogen) atoms. The van der Waals surface area contributed by atoms with Crippen LogP contribution in [0, 0.1) is 0 Å². The average molecular weight is 563 g/mol. The van der Waals surface area contributed by atoms with Gasteiger partial charge in [0.05, 0.1) is 46.7 Å². The second-order valence-electron chi connectivity index (χ2n) is 6.67. The minimum atomic E-state index is -0.986. The molecular formula is C21H9Cl5N2O4S. The van der Waals surface area contributed by atoms with E-state index in [-0.39, 0.29) is 41.8 Å². The summed E-state index contributed by atoms with van der Waals surface area (Å²) in [4.78, 5) is 53.2. The minimum Gasteiger partial charge on any atom is -0.291 e. The molecule has 3 amide bonds. The zero-order valence-electron chi connectivity index (χ0n) is 16.1. The third kappa shape index (κ3) is 4.03. The monoisotopic (exact) mass is 560 g/mol. The number of hydrazine groups is 1. The van der Waals surface area contributed by atoms with Gasteiger partial charge in [0, 0.05) is 0 Å². The van der Waals surface area contributed by atoms with Gasteiger partial charge in [-0.05, 0) is 23.6 Å². The van der Waals surface area contributed by atoms with E-state index in [2.05, 4.69) is 0 Å². The quantitative estimate of drug-likeness (QED) is 0.153. The molecule has 0 aliphatic carbocycles. The Labute approximate surface area is 216 Å². The number of hydrogen-bond donors (Lipinski definition) is 0. The van der Waals surface area contributed by atoms with Crippen molar-refractivity contribution in [2.75, 3.05) is 6.54 Å². The molecule has 1 aliphatic rings. The third-order valence-electron chi connectivity index (χ3n) is 4.75. The molecule has 2 aromatic carbocycles. The van der Waals surface area contributed by atoms with Gasteiger partial charge in [-0.3, -0.25) is 19.2 Å². The van der Waals surface area contributed by atoms with Gasteiger partial charge in [0.25, 0.3) is 17.7 Å². The molecule has 2 heterocycles. The molecule has 1 aromatic heterocycles. The molecule has 0 fully saturated rings. The Kier molecular flexibility index (Phi) is 6.73. The Morgan fingerprint density at radius 1 is 0.818 bits per heavy atom. The number of ketones is 1. The maximum atomic E-state index is 13.4. The summed E-state index contributed by atoms with van der Waals surface area (Å²) in [7, 11) is 0. The summed E-state index contributed by atoms with van der Waals surface area (Å²) in [6, 6.07) is 9.23. The van der Waals surface area contributed by atoms with E-state index in [1.54, 1.807) is 29.6 Å². The van der Waals surface area contributed by atoms with E-state index in [0.717, 1.165) is 11.3 Å². The second kappa shape index (κ2) is 9.25. The fourth-order valence-corrected chi connectivity index (χ4v) is 5.10. The van der Waals surface area contributed by atoms with Crippen molar-refractivity contribution in [1.29, 1.82) is 0 Å². The van der Waals surface area contributed by atoms with Crippen LogP contribution in [0.2, 0.25) is 25.1 Å². The Balaban J connectivity index is 1.84. The van der Waals surface area contributed by atoms with Crippen LogP contribution in [0.15, 0.2) is 41.8 Å². The number of Topliss-reactive ketones (excluding diaryl/α,β-unsaturated/α-hetero) is 1. The lowest BCUT2D eigenvalue weighted by Gasteiger charge is -2.29. The first-order chi connectivity index (χ1) is 15.6. The van der Waals surface area contributed by atoms with Crippen LogP contribution in [-0.4, -0.2) is 40.1 Å². The highest BCUT2D eigenvalue weighted by atomic mass is 35.5. The SMILES string of the molecule is O=C(CN(C(=O)c1ccccc1Cl)N1C(=O)c2c(Cl)c(Cl)c(Cl)c(Cl)c2C1=O)c1cccs1. The van der Waals surface area contributed by atoms with Gasteiger partial charge in [0.2, 0.25) is 0 Å². The van der Waals surface area contributed by atoms with Crippen LogP contribution in [0.5, 0.6) is 0 Å². The molecule has 4 rings (SSSR count). The van der Waals surface area contributed by atoms with Gasteiger partial charge in [-0.15, -0.1) is 11.3 Å². The van der Waals surface area contributed by atoms with Gasteiger partial charge in [0.1, 0.15) is 6.54 Å². The zero-order valence-corrected chi connectivity index (χ0v) is 20.7. The van der Waals surface area contributed by atoms with Gasteiger partial charge >= 0.3 is 0 Å². The largest absolute Gasteiger partial charge is 0.291 e. The Hall–Kier alpha value is -2.13. The molecule has 0 bridgehead atoms. The lowest BCUT2D eigenvalue weighted by Crippen LogP contribution is -2.51. The predicted molar refractivity (Wildman–Crippen MR) is 128 cm³/mol. The van der Waals surface area contributed by atoms with Crippen molar-refractivity contribution in [3.8, 4) is 0 Å². The predicted octanol–water partition coefficient (Wildman–Crippen LogP) is 6.55. The van der Waals surface area contributed by atoms with Crippen molar-refractivity contribution >= 4 is 92.8 Å². The lowest BCUT2D eigenvalue weighted by molar-refractivity contribution is 0.00537. The number of amides is 3. The van der Waals surface area contributed by atoms with E-state index < -0.39 is 30.0 Å². The summed E-state index contributed by atoms with van der Waals surface area (Å²) in [5.74, 6) is -3.33. The van der Waals surface area contributed by atoms with E-state index in [4.69, 9.17) is 58.0 Å². The van der Waals surface area contributed by atoms with Crippen LogP contribution in [0.4, 0.5) is 0 Å². The summed E-state index contributed by atoms with van der Waals surface area (Å²) < 4.78 is 0. The Bertz CT molecular complexity index is 1300. The summed E-state index contributed by atoms with van der Waals surface area (Å²) in [5, 5.41) is 1.93. The van der Waals surface area contributed by atoms with E-state index in [9.17, 15) is 19.2 Å². The first-order valence-electron chi connectivity index (χ1n) is 9.02. The van der Waals surface area contributed by atoms with Crippen LogP contribution in [0.3, 0.4) is 0 Å². The number of carbonyl (C=O) groups excluding carboxylic acids is 4. The van der Waals surface area contributed by atoms with E-state index in [1.807, 2.05) is 0 Å². The third-order valence-corrected chi connectivity index (χ3v) is 7.79. The molecule has 0 atom stereocenters. The molecule has 0 spiro atoms. The lowest BCUT2D eigenvalue weighted by atomic mass is 10.1. The van der Waals surface area contributed by atoms with Crippen LogP contribution in [0.1, 0.15) is 40.7 Å². The zero-order chi connectivity index (χ0) is 24.0. The summed E-state index contributed by atoms with van der Waals surface area (Å²) in [6.07, 6.45) is 0. The average Bonchev–Trinajstić information content (AvgIpc) is 3.41. The summed E-state index contributed by atoms with van der Waals surface area (Å²) in [6.45, 7) is -0.632. The van der Waals surface area contributed by atoms with Crippen molar-refractivity contribution in [3.05, 3.63) is 88.5 Å². The number of fused-ring (bicyclic) bond motifs is 1. The van der Waals surface area contributed by atoms with Gasteiger partial charge < -0.3 is 0 Å². The molecule has 0 unspecified atom stereocenters. The van der Waals surface area contributed by atoms with Crippen molar-refractivity contribution < 1.29 is 19.2 Å². The second-order valence-corrected chi connectivity index (χ2v) is 9.54. The topological polar surface area (TPSA) is 74.8 Å². The number of nitrogens with zero attached hydrogens (tertiary/aromatic N) is 2. The standard InChI is InChI=1S/C21H9Cl5N2O4S/c22-10-5-2-1-4-9(10)19(30)27(8-11(29)12-6-3-7-33-12)28-20(31)13-14(21(28)32)16(24)18(26)17(25)15(13)23/h1-7H,8H2. The van der Waals surface area contributed by atoms with Gasteiger partial charge in [0.15, 0.2) is 5.78 Å². The number of hydrogen-bond acceptors (Lipinski definition) is 5. The highest BCUT2D eigenvalue weighted by Gasteiger charge is 2.46. The van der Waals surface area contributed by atoms with Crippen molar-refractivity contribution in [3.63, 3.8) is 0 Å². The molecule has 0 saturated carbocycles. The van der Waals surface area contributed by atoms with Crippen molar-refractivity contribution in [2.45, 2.75) is 0 Å². The molecule has 0 radical (unpaired) electrons. The van der Waals surface area contributed by atoms with Gasteiger partial charge in [-0.2, -0.15) is 5.01 Å². The number of halogens is 5. The van der Waals surface area contributed by atoms with Crippen LogP contribution in [-0.2, 0) is 0 Å². The molecular weight excluding hydrogens is 554 g/mol. The number of benzene rings is 2. The fraction of sp³-hybridized carbons (Fsp3) is 0.0476. The highest BCUT2D eigenvalue weighted by Crippen LogP contribution is 2.45. The van der Waals surface area contributed by atoms with E-state index >= 15 is 0 Å². The number of rotatable bonds is 5. The normalized spacial score (nSPS) is 12.8. The minimum absolute atomic E-state index is 0.0250. The first-order valence-corrected chi connectivity index (χ1v) is 11.8. The molecule has 6 nitrogen and oxygen atoms in total. The molecule has 0 saturated heterocycles. The number of thiophene rings is 1. The molecule has 12 heteroatoms. The Morgan fingerprint density at radius 2 is 1.39 bits per heavy atom. The van der Waals surface area contributed by atoms with Gasteiger partial charge in [-0.25, -0.2) is 5.01 Å². The molecule has 3 aromatic rings. The highest BCUT2D eigenvalue weighted by molar-refractivity contribution is 7.12. The van der Waals surface area contributed by atoms with E-state index in [0.29, 0.717) is 14.9 Å².